The van der Waals surface area contributed by atoms with Gasteiger partial charge in [0.1, 0.15) is 0 Å². The average molecular weight is 487 g/mol. The lowest BCUT2D eigenvalue weighted by molar-refractivity contribution is -0.137. The summed E-state index contributed by atoms with van der Waals surface area (Å²) in [6.45, 7) is 1.66. The first-order valence-electron chi connectivity index (χ1n) is 9.36. The number of aryl methyl sites for hydroxylation is 1. The van der Waals surface area contributed by atoms with Crippen molar-refractivity contribution >= 4 is 46.2 Å². The molecule has 0 saturated carbocycles. The summed E-state index contributed by atoms with van der Waals surface area (Å²) in [4.78, 5) is 5.87. The lowest BCUT2D eigenvalue weighted by Gasteiger charge is -2.27. The molecule has 0 aliphatic heterocycles. The largest absolute Gasteiger partial charge is 0.416 e. The Bertz CT molecular complexity index is 1030. The highest BCUT2D eigenvalue weighted by atomic mass is 35.5. The van der Waals surface area contributed by atoms with Gasteiger partial charge in [-0.05, 0) is 48.5 Å². The zero-order valence-corrected chi connectivity index (χ0v) is 18.6. The van der Waals surface area contributed by atoms with E-state index >= 15 is 0 Å². The second-order valence-corrected chi connectivity index (χ2v) is 7.99. The number of anilines is 1. The molecule has 0 aliphatic rings. The maximum absolute atomic E-state index is 13.1. The Hall–Kier alpha value is -2.29. The zero-order valence-electron chi connectivity index (χ0n) is 16.2. The van der Waals surface area contributed by atoms with Crippen LogP contribution in [0, 0.1) is 0 Å². The fourth-order valence-electron chi connectivity index (χ4n) is 2.94. The highest BCUT2D eigenvalue weighted by Gasteiger charge is 2.31. The van der Waals surface area contributed by atoms with Crippen molar-refractivity contribution < 1.29 is 13.2 Å². The Kier molecular flexibility index (Phi) is 7.80. The number of imidazole rings is 1. The Morgan fingerprint density at radius 1 is 1.13 bits per heavy atom. The molecule has 1 heterocycles. The first-order valence-corrected chi connectivity index (χ1v) is 10.5. The van der Waals surface area contributed by atoms with Crippen LogP contribution in [0.3, 0.4) is 0 Å². The second kappa shape index (κ2) is 10.3. The number of rotatable bonds is 7. The summed E-state index contributed by atoms with van der Waals surface area (Å²) in [7, 11) is 0. The van der Waals surface area contributed by atoms with Crippen molar-refractivity contribution in [3.8, 4) is 0 Å². The fourth-order valence-corrected chi connectivity index (χ4v) is 3.57. The van der Waals surface area contributed by atoms with E-state index in [1.54, 1.807) is 18.6 Å². The average Bonchev–Trinajstić information content (AvgIpc) is 3.23. The molecule has 2 aromatic carbocycles. The van der Waals surface area contributed by atoms with Gasteiger partial charge < -0.3 is 14.8 Å². The van der Waals surface area contributed by atoms with Crippen molar-refractivity contribution in [2.75, 3.05) is 11.9 Å². The van der Waals surface area contributed by atoms with Crippen LogP contribution in [0.2, 0.25) is 10.0 Å². The highest BCUT2D eigenvalue weighted by Crippen LogP contribution is 2.34. The third-order valence-corrected chi connectivity index (χ3v) is 5.60. The number of alkyl halides is 3. The van der Waals surface area contributed by atoms with Crippen LogP contribution in [0.1, 0.15) is 17.5 Å². The van der Waals surface area contributed by atoms with Crippen LogP contribution in [0.25, 0.3) is 0 Å². The van der Waals surface area contributed by atoms with Gasteiger partial charge in [-0.3, -0.25) is 0 Å². The van der Waals surface area contributed by atoms with Gasteiger partial charge in [-0.1, -0.05) is 41.4 Å². The number of nitrogens with zero attached hydrogens (tertiary/aromatic N) is 3. The predicted molar refractivity (Wildman–Crippen MR) is 121 cm³/mol. The molecule has 164 valence electrons. The molecule has 0 amide bonds. The summed E-state index contributed by atoms with van der Waals surface area (Å²) >= 11 is 17.9. The van der Waals surface area contributed by atoms with Crippen molar-refractivity contribution in [1.29, 1.82) is 0 Å². The van der Waals surface area contributed by atoms with Crippen molar-refractivity contribution in [1.82, 2.24) is 14.5 Å². The normalized spacial score (nSPS) is 11.4. The molecule has 0 bridgehead atoms. The summed E-state index contributed by atoms with van der Waals surface area (Å²) < 4.78 is 41.2. The monoisotopic (exact) mass is 486 g/mol. The molecular formula is C21H19Cl2F3N4S. The van der Waals surface area contributed by atoms with E-state index in [1.165, 1.54) is 6.07 Å². The summed E-state index contributed by atoms with van der Waals surface area (Å²) in [5.41, 5.74) is 0.145. The number of aromatic nitrogens is 2. The third-order valence-electron chi connectivity index (χ3n) is 4.55. The van der Waals surface area contributed by atoms with E-state index in [0.29, 0.717) is 24.7 Å². The SMILES string of the molecule is FC(F)(F)c1ccc(Cl)c(NC(=S)N(CCCn2ccnc2)Cc2ccccc2Cl)c1. The third kappa shape index (κ3) is 6.59. The van der Waals surface area contributed by atoms with E-state index in [4.69, 9.17) is 35.4 Å². The number of hydrogen-bond donors (Lipinski definition) is 1. The van der Waals surface area contributed by atoms with Crippen LogP contribution in [-0.4, -0.2) is 26.1 Å². The van der Waals surface area contributed by atoms with Crippen LogP contribution in [-0.2, 0) is 19.3 Å². The molecule has 0 radical (unpaired) electrons. The fraction of sp³-hybridized carbons (Fsp3) is 0.238. The number of nitrogens with one attached hydrogen (secondary N) is 1. The molecule has 4 nitrogen and oxygen atoms in total. The minimum absolute atomic E-state index is 0.0975. The van der Waals surface area contributed by atoms with Crippen LogP contribution in [0.5, 0.6) is 0 Å². The highest BCUT2D eigenvalue weighted by molar-refractivity contribution is 7.80. The van der Waals surface area contributed by atoms with Crippen LogP contribution in [0.15, 0.2) is 61.2 Å². The first-order chi connectivity index (χ1) is 14.7. The molecule has 31 heavy (non-hydrogen) atoms. The van der Waals surface area contributed by atoms with Crippen LogP contribution >= 0.6 is 35.4 Å². The van der Waals surface area contributed by atoms with Gasteiger partial charge in [0.25, 0.3) is 0 Å². The second-order valence-electron chi connectivity index (χ2n) is 6.79. The van der Waals surface area contributed by atoms with Crippen molar-refractivity contribution in [3.05, 3.63) is 82.4 Å². The van der Waals surface area contributed by atoms with Gasteiger partial charge in [0.2, 0.25) is 0 Å². The van der Waals surface area contributed by atoms with E-state index in [0.717, 1.165) is 24.1 Å². The molecule has 0 atom stereocenters. The lowest BCUT2D eigenvalue weighted by atomic mass is 10.2. The Morgan fingerprint density at radius 3 is 2.58 bits per heavy atom. The molecule has 10 heteroatoms. The molecular weight excluding hydrogens is 468 g/mol. The number of halogens is 5. The molecule has 0 spiro atoms. The van der Waals surface area contributed by atoms with E-state index in [2.05, 4.69) is 10.3 Å². The van der Waals surface area contributed by atoms with E-state index < -0.39 is 11.7 Å². The topological polar surface area (TPSA) is 33.1 Å². The maximum atomic E-state index is 13.1. The maximum Gasteiger partial charge on any atom is 0.416 e. The van der Waals surface area contributed by atoms with Gasteiger partial charge in [0.05, 0.1) is 22.6 Å². The molecule has 1 N–H and O–H groups in total. The predicted octanol–water partition coefficient (Wildman–Crippen LogP) is 6.50. The van der Waals surface area contributed by atoms with Crippen LogP contribution in [0.4, 0.5) is 18.9 Å². The number of hydrogen-bond acceptors (Lipinski definition) is 2. The minimum Gasteiger partial charge on any atom is -0.345 e. The molecule has 0 unspecified atom stereocenters. The summed E-state index contributed by atoms with van der Waals surface area (Å²) in [6.07, 6.45) is 1.53. The lowest BCUT2D eigenvalue weighted by Crippen LogP contribution is -2.35. The van der Waals surface area contributed by atoms with Gasteiger partial charge >= 0.3 is 6.18 Å². The summed E-state index contributed by atoms with van der Waals surface area (Å²) in [5.74, 6) is 0. The van der Waals surface area contributed by atoms with E-state index in [1.807, 2.05) is 33.9 Å². The van der Waals surface area contributed by atoms with Gasteiger partial charge in [0.15, 0.2) is 5.11 Å². The molecule has 0 saturated heterocycles. The smallest absolute Gasteiger partial charge is 0.345 e. The molecule has 3 aromatic rings. The Balaban J connectivity index is 1.77. The molecule has 0 aliphatic carbocycles. The summed E-state index contributed by atoms with van der Waals surface area (Å²) in [5, 5.41) is 3.86. The van der Waals surface area contributed by atoms with Gasteiger partial charge in [-0.15, -0.1) is 0 Å². The Morgan fingerprint density at radius 2 is 1.90 bits per heavy atom. The van der Waals surface area contributed by atoms with Gasteiger partial charge in [0, 0.05) is 37.1 Å². The van der Waals surface area contributed by atoms with Crippen molar-refractivity contribution in [3.63, 3.8) is 0 Å². The van der Waals surface area contributed by atoms with E-state index in [-0.39, 0.29) is 15.8 Å². The van der Waals surface area contributed by atoms with Crippen LogP contribution < -0.4 is 5.32 Å². The Labute approximate surface area is 193 Å². The van der Waals surface area contributed by atoms with E-state index in [9.17, 15) is 13.2 Å². The van der Waals surface area contributed by atoms with Crippen molar-refractivity contribution in [2.45, 2.75) is 25.7 Å². The van der Waals surface area contributed by atoms with Gasteiger partial charge in [-0.25, -0.2) is 4.98 Å². The molecule has 3 rings (SSSR count). The molecule has 1 aromatic heterocycles. The first kappa shape index (κ1) is 23.4. The summed E-state index contributed by atoms with van der Waals surface area (Å²) in [6, 6.07) is 10.4. The minimum atomic E-state index is -4.48. The zero-order chi connectivity index (χ0) is 22.4. The van der Waals surface area contributed by atoms with Gasteiger partial charge in [-0.2, -0.15) is 13.2 Å². The number of thiocarbonyl (C=S) groups is 1. The number of benzene rings is 2. The molecule has 0 fully saturated rings. The quantitative estimate of drug-likeness (QED) is 0.386. The van der Waals surface area contributed by atoms with Crippen molar-refractivity contribution in [2.24, 2.45) is 0 Å². The standard InChI is InChI=1S/C21H19Cl2F3N4S/c22-17-5-2-1-4-15(17)13-30(10-3-9-29-11-8-27-14-29)20(31)28-19-12-16(21(24,25)26)6-7-18(19)23/h1-2,4-8,11-12,14H,3,9-10,13H2,(H,28,31).